The van der Waals surface area contributed by atoms with Gasteiger partial charge in [-0.05, 0) is 12.5 Å². The number of esters is 2. The quantitative estimate of drug-likeness (QED) is 0.464. The summed E-state index contributed by atoms with van der Waals surface area (Å²) >= 11 is 0. The monoisotopic (exact) mass is 262 g/mol. The molecule has 1 aromatic rings. The first-order valence-corrected chi connectivity index (χ1v) is 5.99. The first-order chi connectivity index (χ1) is 9.15. The van der Waals surface area contributed by atoms with Crippen LogP contribution in [0.5, 0.6) is 0 Å². The van der Waals surface area contributed by atoms with E-state index in [-0.39, 0.29) is 0 Å². The van der Waals surface area contributed by atoms with E-state index in [0.717, 1.165) is 5.56 Å². The minimum absolute atomic E-state index is 0.397. The molecule has 0 aliphatic heterocycles. The molecule has 1 unspecified atom stereocenters. The van der Waals surface area contributed by atoms with Crippen LogP contribution in [0.2, 0.25) is 0 Å². The highest BCUT2D eigenvalue weighted by molar-refractivity contribution is 5.96. The second-order valence-corrected chi connectivity index (χ2v) is 3.99. The van der Waals surface area contributed by atoms with Crippen molar-refractivity contribution in [3.8, 4) is 0 Å². The first kappa shape index (κ1) is 15.0. The number of benzene rings is 1. The smallest absolute Gasteiger partial charge is 0.321 e. The predicted molar refractivity (Wildman–Crippen MR) is 71.5 cm³/mol. The molecular weight excluding hydrogens is 244 g/mol. The molecule has 0 bridgehead atoms. The number of rotatable bonds is 5. The average molecular weight is 262 g/mol. The second-order valence-electron chi connectivity index (χ2n) is 3.99. The van der Waals surface area contributed by atoms with Crippen molar-refractivity contribution in [3.05, 3.63) is 48.0 Å². The summed E-state index contributed by atoms with van der Waals surface area (Å²) in [7, 11) is 2.52. The number of carbonyl (C=O) groups is 2. The number of hydrogen-bond acceptors (Lipinski definition) is 4. The van der Waals surface area contributed by atoms with Gasteiger partial charge in [-0.1, -0.05) is 42.5 Å². The van der Waals surface area contributed by atoms with Crippen LogP contribution in [0.3, 0.4) is 0 Å². The summed E-state index contributed by atoms with van der Waals surface area (Å²) in [6, 6.07) is 9.32. The van der Waals surface area contributed by atoms with Gasteiger partial charge in [0, 0.05) is 5.92 Å². The minimum atomic E-state index is -0.992. The van der Waals surface area contributed by atoms with E-state index in [4.69, 9.17) is 9.47 Å². The highest BCUT2D eigenvalue weighted by atomic mass is 16.5. The number of carbonyl (C=O) groups excluding carboxylic acids is 2. The van der Waals surface area contributed by atoms with Crippen LogP contribution in [0.4, 0.5) is 0 Å². The Kier molecular flexibility index (Phi) is 5.79. The van der Waals surface area contributed by atoms with E-state index in [9.17, 15) is 9.59 Å². The lowest BCUT2D eigenvalue weighted by Gasteiger charge is -2.20. The molecule has 0 saturated carbocycles. The molecule has 0 aliphatic rings. The van der Waals surface area contributed by atoms with E-state index in [2.05, 4.69) is 0 Å². The third-order valence-corrected chi connectivity index (χ3v) is 2.85. The van der Waals surface area contributed by atoms with Crippen molar-refractivity contribution in [2.24, 2.45) is 5.92 Å². The van der Waals surface area contributed by atoms with Crippen molar-refractivity contribution in [1.29, 1.82) is 0 Å². The van der Waals surface area contributed by atoms with Gasteiger partial charge in [-0.2, -0.15) is 0 Å². The number of ether oxygens (including phenoxy) is 2. The Morgan fingerprint density at radius 2 is 1.58 bits per heavy atom. The maximum atomic E-state index is 11.8. The van der Waals surface area contributed by atoms with Crippen LogP contribution in [0.1, 0.15) is 18.4 Å². The Hall–Kier alpha value is -2.10. The standard InChI is InChI=1S/C15H18O4/c1-4-8-12(11-9-6-5-7-10-11)13(14(16)18-2)15(17)19-3/h4-10,12-13H,1-3H3/b8-4+. The van der Waals surface area contributed by atoms with Gasteiger partial charge in [-0.15, -0.1) is 0 Å². The molecule has 0 radical (unpaired) electrons. The van der Waals surface area contributed by atoms with Crippen molar-refractivity contribution in [3.63, 3.8) is 0 Å². The average Bonchev–Trinajstić information content (AvgIpc) is 2.46. The fourth-order valence-electron chi connectivity index (χ4n) is 1.94. The molecule has 4 heteroatoms. The van der Waals surface area contributed by atoms with E-state index in [0.29, 0.717) is 0 Å². The van der Waals surface area contributed by atoms with Gasteiger partial charge in [0.05, 0.1) is 14.2 Å². The third kappa shape index (κ3) is 3.68. The number of methoxy groups -OCH3 is 2. The molecule has 0 N–H and O–H groups in total. The van der Waals surface area contributed by atoms with Gasteiger partial charge in [0.15, 0.2) is 5.92 Å². The summed E-state index contributed by atoms with van der Waals surface area (Å²) in [4.78, 5) is 23.7. The summed E-state index contributed by atoms with van der Waals surface area (Å²) in [6.45, 7) is 1.83. The molecule has 1 atom stereocenters. The Morgan fingerprint density at radius 3 is 2.00 bits per heavy atom. The molecule has 4 nitrogen and oxygen atoms in total. The van der Waals surface area contributed by atoms with Crippen LogP contribution in [-0.2, 0) is 19.1 Å². The maximum Gasteiger partial charge on any atom is 0.321 e. The minimum Gasteiger partial charge on any atom is -0.468 e. The second kappa shape index (κ2) is 7.36. The molecule has 0 amide bonds. The molecule has 19 heavy (non-hydrogen) atoms. The first-order valence-electron chi connectivity index (χ1n) is 5.99. The summed E-state index contributed by atoms with van der Waals surface area (Å²) in [5.74, 6) is -2.59. The fourth-order valence-corrected chi connectivity index (χ4v) is 1.94. The molecule has 0 aromatic heterocycles. The Balaban J connectivity index is 3.20. The van der Waals surface area contributed by atoms with Crippen molar-refractivity contribution >= 4 is 11.9 Å². The summed E-state index contributed by atoms with van der Waals surface area (Å²) in [6.07, 6.45) is 3.60. The van der Waals surface area contributed by atoms with Crippen molar-refractivity contribution in [2.45, 2.75) is 12.8 Å². The molecule has 1 aromatic carbocycles. The lowest BCUT2D eigenvalue weighted by atomic mass is 9.85. The topological polar surface area (TPSA) is 52.6 Å². The normalized spacial score (nSPS) is 12.4. The molecule has 0 heterocycles. The van der Waals surface area contributed by atoms with Gasteiger partial charge in [0.1, 0.15) is 0 Å². The molecule has 0 fully saturated rings. The highest BCUT2D eigenvalue weighted by Gasteiger charge is 2.36. The van der Waals surface area contributed by atoms with Gasteiger partial charge >= 0.3 is 11.9 Å². The van der Waals surface area contributed by atoms with Crippen molar-refractivity contribution < 1.29 is 19.1 Å². The van der Waals surface area contributed by atoms with Gasteiger partial charge in [-0.3, -0.25) is 9.59 Å². The zero-order chi connectivity index (χ0) is 14.3. The van der Waals surface area contributed by atoms with Crippen LogP contribution in [0.15, 0.2) is 42.5 Å². The third-order valence-electron chi connectivity index (χ3n) is 2.85. The van der Waals surface area contributed by atoms with E-state index >= 15 is 0 Å². The van der Waals surface area contributed by atoms with Crippen LogP contribution in [-0.4, -0.2) is 26.2 Å². The summed E-state index contributed by atoms with van der Waals surface area (Å²) in [5.41, 5.74) is 0.862. The Bertz CT molecular complexity index is 434. The fraction of sp³-hybridized carbons (Fsp3) is 0.333. The van der Waals surface area contributed by atoms with Crippen molar-refractivity contribution in [1.82, 2.24) is 0 Å². The van der Waals surface area contributed by atoms with Gasteiger partial charge in [-0.25, -0.2) is 0 Å². The summed E-state index contributed by atoms with van der Waals surface area (Å²) in [5, 5.41) is 0. The van der Waals surface area contributed by atoms with Crippen molar-refractivity contribution in [2.75, 3.05) is 14.2 Å². The molecule has 0 spiro atoms. The largest absolute Gasteiger partial charge is 0.468 e. The Morgan fingerprint density at radius 1 is 1.05 bits per heavy atom. The molecule has 102 valence electrons. The van der Waals surface area contributed by atoms with Gasteiger partial charge in [0.25, 0.3) is 0 Å². The molecule has 1 rings (SSSR count). The van der Waals surface area contributed by atoms with Gasteiger partial charge in [0.2, 0.25) is 0 Å². The van der Waals surface area contributed by atoms with E-state index in [1.165, 1.54) is 14.2 Å². The molecular formula is C15H18O4. The van der Waals surface area contributed by atoms with E-state index in [1.54, 1.807) is 12.2 Å². The van der Waals surface area contributed by atoms with Crippen LogP contribution in [0.25, 0.3) is 0 Å². The SMILES string of the molecule is C/C=C/C(c1ccccc1)C(C(=O)OC)C(=O)OC. The molecule has 0 aliphatic carbocycles. The van der Waals surface area contributed by atoms with E-state index < -0.39 is 23.8 Å². The van der Waals surface area contributed by atoms with Crippen LogP contribution >= 0.6 is 0 Å². The van der Waals surface area contributed by atoms with Crippen LogP contribution < -0.4 is 0 Å². The lowest BCUT2D eigenvalue weighted by molar-refractivity contribution is -0.159. The van der Waals surface area contributed by atoms with E-state index in [1.807, 2.05) is 37.3 Å². The number of allylic oxidation sites excluding steroid dienone is 2. The molecule has 0 saturated heterocycles. The predicted octanol–water partition coefficient (Wildman–Crippen LogP) is 2.31. The Labute approximate surface area is 113 Å². The summed E-state index contributed by atoms with van der Waals surface area (Å²) < 4.78 is 9.42. The number of hydrogen-bond donors (Lipinski definition) is 0. The lowest BCUT2D eigenvalue weighted by Crippen LogP contribution is -2.31. The van der Waals surface area contributed by atoms with Gasteiger partial charge < -0.3 is 9.47 Å². The maximum absolute atomic E-state index is 11.8. The zero-order valence-electron chi connectivity index (χ0n) is 11.3. The van der Waals surface area contributed by atoms with Crippen LogP contribution in [0, 0.1) is 5.92 Å². The highest BCUT2D eigenvalue weighted by Crippen LogP contribution is 2.28. The zero-order valence-corrected chi connectivity index (χ0v) is 11.3.